The molecule has 3 rings (SSSR count). The van der Waals surface area contributed by atoms with Gasteiger partial charge in [0.15, 0.2) is 0 Å². The molecule has 4 nitrogen and oxygen atoms in total. The molecule has 0 aliphatic rings. The van der Waals surface area contributed by atoms with Gasteiger partial charge in [-0.2, -0.15) is 0 Å². The summed E-state index contributed by atoms with van der Waals surface area (Å²) in [6, 6.07) is 12.2. The Morgan fingerprint density at radius 3 is 2.84 bits per heavy atom. The molecule has 2 heterocycles. The van der Waals surface area contributed by atoms with Gasteiger partial charge in [0.25, 0.3) is 0 Å². The molecule has 0 unspecified atom stereocenters. The zero-order valence-corrected chi connectivity index (χ0v) is 11.9. The molecule has 0 amide bonds. The summed E-state index contributed by atoms with van der Waals surface area (Å²) in [6.07, 6.45) is 2.86. The summed E-state index contributed by atoms with van der Waals surface area (Å²) in [5.74, 6) is 0. The van der Waals surface area contributed by atoms with Crippen molar-refractivity contribution < 1.29 is 0 Å². The summed E-state index contributed by atoms with van der Waals surface area (Å²) in [5.41, 5.74) is 3.01. The fourth-order valence-electron chi connectivity index (χ4n) is 1.99. The molecule has 0 spiro atoms. The Kier molecular flexibility index (Phi) is 3.55. The lowest BCUT2D eigenvalue weighted by Gasteiger charge is -2.02. The monoisotopic (exact) mass is 316 g/mol. The van der Waals surface area contributed by atoms with E-state index >= 15 is 0 Å². The Hall–Kier alpha value is -1.75. The number of halogens is 1. The first-order valence-electron chi connectivity index (χ1n) is 6.15. The molecule has 0 saturated heterocycles. The number of hydrogen-bond donors (Lipinski definition) is 0. The summed E-state index contributed by atoms with van der Waals surface area (Å²) in [6.45, 7) is 0.653. The molecule has 0 fully saturated rings. The minimum Gasteiger partial charge on any atom is -0.251 e. The van der Waals surface area contributed by atoms with Crippen LogP contribution >= 0.6 is 15.9 Å². The second kappa shape index (κ2) is 5.48. The Morgan fingerprint density at radius 1 is 1.05 bits per heavy atom. The van der Waals surface area contributed by atoms with Gasteiger partial charge in [0.2, 0.25) is 0 Å². The van der Waals surface area contributed by atoms with Crippen molar-refractivity contribution in [1.29, 1.82) is 0 Å². The van der Waals surface area contributed by atoms with E-state index in [1.165, 1.54) is 0 Å². The fraction of sp³-hybridized carbons (Fsp3) is 0.214. The quantitative estimate of drug-likeness (QED) is 0.695. The van der Waals surface area contributed by atoms with E-state index in [0.717, 1.165) is 34.0 Å². The molecular formula is C14H13BrN4. The third-order valence-corrected chi connectivity index (χ3v) is 3.31. The lowest BCUT2D eigenvalue weighted by atomic mass is 10.2. The maximum Gasteiger partial charge on any atom is 0.0849 e. The molecule has 5 heteroatoms. The van der Waals surface area contributed by atoms with Crippen LogP contribution in [-0.2, 0) is 13.0 Å². The number of pyridine rings is 1. The van der Waals surface area contributed by atoms with Gasteiger partial charge < -0.3 is 0 Å². The maximum atomic E-state index is 4.63. The lowest BCUT2D eigenvalue weighted by molar-refractivity contribution is 0.640. The number of rotatable bonds is 4. The molecule has 1 aromatic carbocycles. The maximum absolute atomic E-state index is 4.63. The van der Waals surface area contributed by atoms with Crippen molar-refractivity contribution in [2.45, 2.75) is 13.0 Å². The van der Waals surface area contributed by atoms with Gasteiger partial charge in [-0.15, -0.1) is 5.10 Å². The van der Waals surface area contributed by atoms with E-state index in [0.29, 0.717) is 6.54 Å². The van der Waals surface area contributed by atoms with Crippen LogP contribution in [0.2, 0.25) is 0 Å². The minimum absolute atomic E-state index is 0.653. The van der Waals surface area contributed by atoms with Gasteiger partial charge in [-0.3, -0.25) is 4.98 Å². The number of nitrogens with zero attached hydrogens (tertiary/aromatic N) is 4. The number of aromatic nitrogens is 4. The van der Waals surface area contributed by atoms with E-state index in [9.17, 15) is 0 Å². The van der Waals surface area contributed by atoms with Crippen LogP contribution < -0.4 is 0 Å². The van der Waals surface area contributed by atoms with Gasteiger partial charge in [-0.25, -0.2) is 4.68 Å². The summed E-state index contributed by atoms with van der Waals surface area (Å²) < 4.78 is 1.83. The molecule has 2 aromatic heterocycles. The van der Waals surface area contributed by atoms with E-state index in [2.05, 4.69) is 43.4 Å². The minimum atomic E-state index is 0.653. The van der Waals surface area contributed by atoms with Crippen LogP contribution in [0.5, 0.6) is 0 Å². The highest BCUT2D eigenvalue weighted by molar-refractivity contribution is 9.09. The molecule has 0 saturated carbocycles. The number of hydrogen-bond acceptors (Lipinski definition) is 3. The largest absolute Gasteiger partial charge is 0.251 e. The molecule has 0 N–H and O–H groups in total. The smallest absolute Gasteiger partial charge is 0.0849 e. The molecule has 0 aliphatic heterocycles. The van der Waals surface area contributed by atoms with E-state index in [1.807, 2.05) is 35.1 Å². The zero-order valence-electron chi connectivity index (χ0n) is 10.3. The van der Waals surface area contributed by atoms with Crippen LogP contribution in [0.4, 0.5) is 0 Å². The van der Waals surface area contributed by atoms with Crippen molar-refractivity contribution >= 4 is 26.8 Å². The highest BCUT2D eigenvalue weighted by Crippen LogP contribution is 2.12. The first-order chi connectivity index (χ1) is 9.35. The van der Waals surface area contributed by atoms with Crippen molar-refractivity contribution in [2.24, 2.45) is 0 Å². The van der Waals surface area contributed by atoms with Crippen LogP contribution in [0, 0.1) is 0 Å². The number of alkyl halides is 1. The Balaban J connectivity index is 1.83. The predicted octanol–water partition coefficient (Wildman–Crippen LogP) is 2.81. The van der Waals surface area contributed by atoms with Gasteiger partial charge in [0.05, 0.1) is 23.4 Å². The van der Waals surface area contributed by atoms with Crippen molar-refractivity contribution in [3.63, 3.8) is 0 Å². The van der Waals surface area contributed by atoms with Crippen LogP contribution in [0.25, 0.3) is 10.9 Å². The summed E-state index contributed by atoms with van der Waals surface area (Å²) in [7, 11) is 0. The molecular weight excluding hydrogens is 304 g/mol. The summed E-state index contributed by atoms with van der Waals surface area (Å²) in [5, 5.41) is 10.3. The van der Waals surface area contributed by atoms with Gasteiger partial charge in [0, 0.05) is 23.3 Å². The molecule has 0 atom stereocenters. The Bertz CT molecular complexity index is 692. The number of aryl methyl sites for hydroxylation is 1. The van der Waals surface area contributed by atoms with Crippen molar-refractivity contribution in [2.75, 3.05) is 5.33 Å². The number of para-hydroxylation sites is 1. The average Bonchev–Trinajstić information content (AvgIpc) is 2.86. The topological polar surface area (TPSA) is 43.6 Å². The second-order valence-electron chi connectivity index (χ2n) is 4.34. The van der Waals surface area contributed by atoms with Crippen LogP contribution in [0.15, 0.2) is 42.6 Å². The van der Waals surface area contributed by atoms with Gasteiger partial charge >= 0.3 is 0 Å². The van der Waals surface area contributed by atoms with Crippen LogP contribution in [-0.4, -0.2) is 25.3 Å². The standard InChI is InChI=1S/C14H13BrN4/c15-8-7-13-10-19(18-17-13)9-12-6-5-11-3-1-2-4-14(11)16-12/h1-6,10H,7-9H2. The highest BCUT2D eigenvalue weighted by Gasteiger charge is 2.03. The predicted molar refractivity (Wildman–Crippen MR) is 78.4 cm³/mol. The van der Waals surface area contributed by atoms with Gasteiger partial charge in [-0.1, -0.05) is 45.4 Å². The van der Waals surface area contributed by atoms with Gasteiger partial charge in [0.1, 0.15) is 0 Å². The number of benzene rings is 1. The SMILES string of the molecule is BrCCc1cn(Cc2ccc3ccccc3n2)nn1. The van der Waals surface area contributed by atoms with E-state index in [1.54, 1.807) is 0 Å². The van der Waals surface area contributed by atoms with Crippen molar-refractivity contribution in [3.8, 4) is 0 Å². The van der Waals surface area contributed by atoms with E-state index in [-0.39, 0.29) is 0 Å². The molecule has 0 radical (unpaired) electrons. The van der Waals surface area contributed by atoms with Crippen molar-refractivity contribution in [1.82, 2.24) is 20.0 Å². The fourth-order valence-corrected chi connectivity index (χ4v) is 2.40. The first-order valence-corrected chi connectivity index (χ1v) is 7.27. The third kappa shape index (κ3) is 2.81. The third-order valence-electron chi connectivity index (χ3n) is 2.92. The van der Waals surface area contributed by atoms with Crippen LogP contribution in [0.1, 0.15) is 11.4 Å². The van der Waals surface area contributed by atoms with Gasteiger partial charge in [-0.05, 0) is 12.1 Å². The highest BCUT2D eigenvalue weighted by atomic mass is 79.9. The molecule has 0 bridgehead atoms. The first kappa shape index (κ1) is 12.3. The molecule has 19 heavy (non-hydrogen) atoms. The number of fused-ring (bicyclic) bond motifs is 1. The van der Waals surface area contributed by atoms with Crippen LogP contribution in [0.3, 0.4) is 0 Å². The second-order valence-corrected chi connectivity index (χ2v) is 5.13. The van der Waals surface area contributed by atoms with Crippen molar-refractivity contribution in [3.05, 3.63) is 54.0 Å². The van der Waals surface area contributed by atoms with E-state index < -0.39 is 0 Å². The summed E-state index contributed by atoms with van der Waals surface area (Å²) >= 11 is 3.40. The van der Waals surface area contributed by atoms with E-state index in [4.69, 9.17) is 0 Å². The average molecular weight is 317 g/mol. The summed E-state index contributed by atoms with van der Waals surface area (Å²) in [4.78, 5) is 4.63. The normalized spacial score (nSPS) is 11.0. The lowest BCUT2D eigenvalue weighted by Crippen LogP contribution is -2.02. The molecule has 96 valence electrons. The zero-order chi connectivity index (χ0) is 13.1. The Morgan fingerprint density at radius 2 is 1.95 bits per heavy atom. The Labute approximate surface area is 119 Å². The molecule has 3 aromatic rings. The molecule has 0 aliphatic carbocycles.